The van der Waals surface area contributed by atoms with Crippen LogP contribution in [0.4, 0.5) is 0 Å². The van der Waals surface area contributed by atoms with Gasteiger partial charge >= 0.3 is 11.9 Å². The van der Waals surface area contributed by atoms with Gasteiger partial charge in [-0.1, -0.05) is 6.08 Å². The van der Waals surface area contributed by atoms with Gasteiger partial charge in [-0.2, -0.15) is 0 Å². The molecule has 2 aliphatic rings. The molecule has 0 bridgehead atoms. The Hall–Kier alpha value is -1.48. The van der Waals surface area contributed by atoms with E-state index in [9.17, 15) is 19.8 Å². The monoisotopic (exact) mass is 371 g/mol. The highest BCUT2D eigenvalue weighted by Gasteiger charge is 2.55. The van der Waals surface area contributed by atoms with Gasteiger partial charge in [-0.25, -0.2) is 4.79 Å². The maximum Gasteiger partial charge on any atom is 0.344 e. The van der Waals surface area contributed by atoms with E-state index in [1.54, 1.807) is 0 Å². The summed E-state index contributed by atoms with van der Waals surface area (Å²) in [6.07, 6.45) is 1.43. The Labute approximate surface area is 153 Å². The predicted molar refractivity (Wildman–Crippen MR) is 92.3 cm³/mol. The largest absolute Gasteiger partial charge is 0.460 e. The number of carbonyl (C=O) groups is 2. The van der Waals surface area contributed by atoms with Crippen LogP contribution < -0.4 is 0 Å². The summed E-state index contributed by atoms with van der Waals surface area (Å²) in [5, 5.41) is 21.0. The van der Waals surface area contributed by atoms with E-state index in [0.717, 1.165) is 18.5 Å². The normalized spacial score (nSPS) is 26.7. The lowest BCUT2D eigenvalue weighted by atomic mass is 9.81. The van der Waals surface area contributed by atoms with Crippen LogP contribution in [0.15, 0.2) is 11.6 Å². The number of hydrogen-bond acceptors (Lipinski definition) is 8. The van der Waals surface area contributed by atoms with Crippen molar-refractivity contribution in [2.45, 2.75) is 63.6 Å². The smallest absolute Gasteiger partial charge is 0.344 e. The molecule has 0 radical (unpaired) electrons. The molecule has 8 heteroatoms. The minimum Gasteiger partial charge on any atom is -0.460 e. The van der Waals surface area contributed by atoms with E-state index >= 15 is 0 Å². The van der Waals surface area contributed by atoms with Crippen molar-refractivity contribution in [2.75, 3.05) is 26.8 Å². The van der Waals surface area contributed by atoms with Crippen LogP contribution in [0.1, 0.15) is 34.1 Å². The maximum atomic E-state index is 12.6. The van der Waals surface area contributed by atoms with E-state index in [1.807, 2.05) is 6.08 Å². The molecule has 0 saturated carbocycles. The number of carbonyl (C=O) groups excluding carboxylic acids is 2. The van der Waals surface area contributed by atoms with Gasteiger partial charge in [0.25, 0.3) is 0 Å². The van der Waals surface area contributed by atoms with E-state index in [0.29, 0.717) is 6.54 Å². The van der Waals surface area contributed by atoms with Crippen molar-refractivity contribution < 1.29 is 34.0 Å². The number of nitrogens with zero attached hydrogens (tertiary/aromatic N) is 1. The summed E-state index contributed by atoms with van der Waals surface area (Å²) in [6.45, 7) is 6.96. The zero-order valence-corrected chi connectivity index (χ0v) is 16.0. The minimum absolute atomic E-state index is 0.0490. The molecule has 0 unspecified atom stereocenters. The van der Waals surface area contributed by atoms with E-state index in [2.05, 4.69) is 4.90 Å². The van der Waals surface area contributed by atoms with Crippen molar-refractivity contribution >= 4 is 11.9 Å². The highest BCUT2D eigenvalue weighted by Crippen LogP contribution is 2.33. The fraction of sp³-hybridized carbons (Fsp3) is 0.778. The highest BCUT2D eigenvalue weighted by atomic mass is 16.6. The first kappa shape index (κ1) is 20.8. The van der Waals surface area contributed by atoms with Gasteiger partial charge in [0.2, 0.25) is 5.60 Å². The molecule has 0 amide bonds. The minimum atomic E-state index is -2.22. The van der Waals surface area contributed by atoms with Gasteiger partial charge < -0.3 is 24.4 Å². The molecule has 1 fully saturated rings. The Morgan fingerprint density at radius 1 is 1.38 bits per heavy atom. The SMILES string of the molecule is CO[C@@H](C)[C@@](O)(C(=O)OCC1=CCN2CC[C@H](OC(C)=O)[C@@H]12)C(C)(C)O. The topological polar surface area (TPSA) is 106 Å². The van der Waals surface area contributed by atoms with E-state index < -0.39 is 23.3 Å². The highest BCUT2D eigenvalue weighted by molar-refractivity contribution is 5.82. The summed E-state index contributed by atoms with van der Waals surface area (Å²) in [5.74, 6) is -1.30. The molecule has 2 rings (SSSR count). The Balaban J connectivity index is 2.07. The molecular formula is C18H29NO7. The second-order valence-electron chi connectivity index (χ2n) is 7.43. The molecule has 0 aliphatic carbocycles. The average Bonchev–Trinajstić information content (AvgIpc) is 3.12. The van der Waals surface area contributed by atoms with Gasteiger partial charge in [0.15, 0.2) is 0 Å². The van der Waals surface area contributed by atoms with Crippen LogP contribution >= 0.6 is 0 Å². The predicted octanol–water partition coefficient (Wildman–Crippen LogP) is 0.0125. The third-order valence-corrected chi connectivity index (χ3v) is 5.29. The zero-order chi connectivity index (χ0) is 19.7. The second-order valence-corrected chi connectivity index (χ2v) is 7.43. The first-order valence-electron chi connectivity index (χ1n) is 8.77. The van der Waals surface area contributed by atoms with Crippen LogP contribution in [0.2, 0.25) is 0 Å². The molecule has 2 aliphatic heterocycles. The lowest BCUT2D eigenvalue weighted by molar-refractivity contribution is -0.216. The average molecular weight is 371 g/mol. The number of rotatable bonds is 7. The van der Waals surface area contributed by atoms with Crippen molar-refractivity contribution in [1.29, 1.82) is 0 Å². The molecule has 148 valence electrons. The number of hydrogen-bond donors (Lipinski definition) is 2. The fourth-order valence-corrected chi connectivity index (χ4v) is 3.68. The van der Waals surface area contributed by atoms with E-state index in [1.165, 1.54) is 34.8 Å². The van der Waals surface area contributed by atoms with Crippen molar-refractivity contribution in [1.82, 2.24) is 4.90 Å². The van der Waals surface area contributed by atoms with Crippen LogP contribution in [0.25, 0.3) is 0 Å². The van der Waals surface area contributed by atoms with E-state index in [4.69, 9.17) is 14.2 Å². The summed E-state index contributed by atoms with van der Waals surface area (Å²) < 4.78 is 15.8. The first-order valence-corrected chi connectivity index (χ1v) is 8.77. The quantitative estimate of drug-likeness (QED) is 0.476. The Kier molecular flexibility index (Phi) is 6.12. The lowest BCUT2D eigenvalue weighted by Gasteiger charge is -2.40. The summed E-state index contributed by atoms with van der Waals surface area (Å²) in [4.78, 5) is 26.0. The molecule has 0 spiro atoms. The summed E-state index contributed by atoms with van der Waals surface area (Å²) in [6, 6.07) is -0.123. The van der Waals surface area contributed by atoms with Crippen LogP contribution in [0.3, 0.4) is 0 Å². The lowest BCUT2D eigenvalue weighted by Crippen LogP contribution is -2.63. The molecule has 0 aromatic heterocycles. The number of fused-ring (bicyclic) bond motifs is 1. The number of methoxy groups -OCH3 is 1. The molecule has 1 saturated heterocycles. The van der Waals surface area contributed by atoms with Gasteiger partial charge in [-0.05, 0) is 32.8 Å². The Morgan fingerprint density at radius 2 is 2.04 bits per heavy atom. The first-order chi connectivity index (χ1) is 12.0. The van der Waals surface area contributed by atoms with Crippen LogP contribution in [-0.4, -0.2) is 83.3 Å². The maximum absolute atomic E-state index is 12.6. The van der Waals surface area contributed by atoms with Gasteiger partial charge in [-0.15, -0.1) is 0 Å². The summed E-state index contributed by atoms with van der Waals surface area (Å²) in [5.41, 5.74) is -3.15. The van der Waals surface area contributed by atoms with Crippen LogP contribution in [-0.2, 0) is 23.8 Å². The molecule has 26 heavy (non-hydrogen) atoms. The van der Waals surface area contributed by atoms with Gasteiger partial charge in [0.05, 0.1) is 12.1 Å². The molecular weight excluding hydrogens is 342 g/mol. The molecule has 0 aromatic carbocycles. The zero-order valence-electron chi connectivity index (χ0n) is 16.0. The van der Waals surface area contributed by atoms with E-state index in [-0.39, 0.29) is 24.7 Å². The molecule has 0 aromatic rings. The summed E-state index contributed by atoms with van der Waals surface area (Å²) >= 11 is 0. The Bertz CT molecular complexity index is 583. The van der Waals surface area contributed by atoms with Crippen molar-refractivity contribution in [3.8, 4) is 0 Å². The number of ether oxygens (including phenoxy) is 3. The van der Waals surface area contributed by atoms with Crippen LogP contribution in [0, 0.1) is 0 Å². The molecule has 8 nitrogen and oxygen atoms in total. The van der Waals surface area contributed by atoms with Crippen molar-refractivity contribution in [2.24, 2.45) is 0 Å². The van der Waals surface area contributed by atoms with Crippen LogP contribution in [0.5, 0.6) is 0 Å². The standard InChI is InChI=1S/C18H29NO7/c1-11(24-5)18(23,17(3,4)22)16(21)25-10-13-6-8-19-9-7-14(15(13)19)26-12(2)20/h6,11,14-15,22-23H,7-10H2,1-5H3/t11-,14-,15+,18+/m0/s1. The second kappa shape index (κ2) is 7.64. The Morgan fingerprint density at radius 3 is 2.58 bits per heavy atom. The van der Waals surface area contributed by atoms with Gasteiger partial charge in [0, 0.05) is 27.1 Å². The van der Waals surface area contributed by atoms with Gasteiger partial charge in [-0.3, -0.25) is 9.69 Å². The summed E-state index contributed by atoms with van der Waals surface area (Å²) in [7, 11) is 1.34. The number of esters is 2. The molecule has 4 atom stereocenters. The third kappa shape index (κ3) is 3.78. The van der Waals surface area contributed by atoms with Gasteiger partial charge in [0.1, 0.15) is 18.3 Å². The van der Waals surface area contributed by atoms with Crippen molar-refractivity contribution in [3.63, 3.8) is 0 Å². The molecule has 2 heterocycles. The fourth-order valence-electron chi connectivity index (χ4n) is 3.68. The van der Waals surface area contributed by atoms with Crippen molar-refractivity contribution in [3.05, 3.63) is 11.6 Å². The number of aliphatic hydroxyl groups is 2. The third-order valence-electron chi connectivity index (χ3n) is 5.29. The molecule has 2 N–H and O–H groups in total.